The normalized spacial score (nSPS) is 32.5. The number of rotatable bonds is 3. The van der Waals surface area contributed by atoms with Crippen molar-refractivity contribution in [2.75, 3.05) is 13.1 Å². The Bertz CT molecular complexity index is 263. The Morgan fingerprint density at radius 2 is 2.06 bits per heavy atom. The molecule has 4 nitrogen and oxygen atoms in total. The molecular weight excluding hydrogens is 214 g/mol. The summed E-state index contributed by atoms with van der Waals surface area (Å²) in [5, 5.41) is 3.09. The number of hydrogen-bond acceptors (Lipinski definition) is 3. The molecule has 1 aliphatic heterocycles. The highest BCUT2D eigenvalue weighted by Crippen LogP contribution is 2.27. The third-order valence-corrected chi connectivity index (χ3v) is 4.15. The van der Waals surface area contributed by atoms with Gasteiger partial charge in [0.1, 0.15) is 0 Å². The first-order valence-corrected chi connectivity index (χ1v) is 6.98. The highest BCUT2D eigenvalue weighted by atomic mass is 16.2. The number of amides is 1. The van der Waals surface area contributed by atoms with Crippen molar-refractivity contribution in [3.8, 4) is 0 Å². The Morgan fingerprint density at radius 1 is 1.35 bits per heavy atom. The summed E-state index contributed by atoms with van der Waals surface area (Å²) in [6, 6.07) is 0.921. The maximum absolute atomic E-state index is 12.2. The van der Waals surface area contributed by atoms with Gasteiger partial charge in [-0.25, -0.2) is 0 Å². The smallest absolute Gasteiger partial charge is 0.237 e. The van der Waals surface area contributed by atoms with Gasteiger partial charge in [-0.05, 0) is 39.2 Å². The van der Waals surface area contributed by atoms with Crippen molar-refractivity contribution in [3.05, 3.63) is 0 Å². The van der Waals surface area contributed by atoms with Crippen LogP contribution in [0, 0.1) is 0 Å². The fourth-order valence-corrected chi connectivity index (χ4v) is 3.19. The van der Waals surface area contributed by atoms with E-state index in [0.29, 0.717) is 18.6 Å². The lowest BCUT2D eigenvalue weighted by Gasteiger charge is -2.33. The molecule has 0 bridgehead atoms. The zero-order valence-corrected chi connectivity index (χ0v) is 10.8. The van der Waals surface area contributed by atoms with E-state index in [4.69, 9.17) is 5.73 Å². The van der Waals surface area contributed by atoms with E-state index < -0.39 is 0 Å². The Balaban J connectivity index is 2.09. The predicted molar refractivity (Wildman–Crippen MR) is 68.6 cm³/mol. The number of carbonyl (C=O) groups excluding carboxylic acids is 1. The molecule has 1 amide bonds. The van der Waals surface area contributed by atoms with Crippen molar-refractivity contribution in [2.24, 2.45) is 5.73 Å². The first-order valence-electron chi connectivity index (χ1n) is 6.98. The number of nitrogens with one attached hydrogen (secondary N) is 1. The van der Waals surface area contributed by atoms with Crippen LogP contribution in [0.5, 0.6) is 0 Å². The average Bonchev–Trinajstić information content (AvgIpc) is 2.77. The Kier molecular flexibility index (Phi) is 4.40. The maximum Gasteiger partial charge on any atom is 0.237 e. The first-order chi connectivity index (χ1) is 8.22. The Labute approximate surface area is 104 Å². The topological polar surface area (TPSA) is 58.4 Å². The van der Waals surface area contributed by atoms with Gasteiger partial charge in [-0.15, -0.1) is 0 Å². The first kappa shape index (κ1) is 12.8. The summed E-state index contributed by atoms with van der Waals surface area (Å²) in [4.78, 5) is 14.6. The van der Waals surface area contributed by atoms with Gasteiger partial charge in [0, 0.05) is 18.6 Å². The molecule has 1 saturated heterocycles. The van der Waals surface area contributed by atoms with E-state index in [1.54, 1.807) is 0 Å². The molecule has 0 spiro atoms. The molecule has 0 aromatic heterocycles. The molecule has 4 heteroatoms. The SMILES string of the molecule is CC1CCN(C2CCCC2)C(CCN)C(=O)N1. The summed E-state index contributed by atoms with van der Waals surface area (Å²) in [5.74, 6) is 0.187. The van der Waals surface area contributed by atoms with Crippen LogP contribution in [0.3, 0.4) is 0 Å². The van der Waals surface area contributed by atoms with Crippen LogP contribution in [0.2, 0.25) is 0 Å². The molecule has 2 fully saturated rings. The molecule has 3 N–H and O–H groups in total. The van der Waals surface area contributed by atoms with E-state index in [-0.39, 0.29) is 11.9 Å². The van der Waals surface area contributed by atoms with E-state index in [2.05, 4.69) is 17.1 Å². The van der Waals surface area contributed by atoms with Crippen molar-refractivity contribution in [1.29, 1.82) is 0 Å². The maximum atomic E-state index is 12.2. The zero-order chi connectivity index (χ0) is 12.3. The minimum Gasteiger partial charge on any atom is -0.352 e. The van der Waals surface area contributed by atoms with Crippen LogP contribution < -0.4 is 11.1 Å². The molecule has 2 rings (SSSR count). The number of hydrogen-bond donors (Lipinski definition) is 2. The lowest BCUT2D eigenvalue weighted by Crippen LogP contribution is -2.49. The van der Waals surface area contributed by atoms with Gasteiger partial charge in [0.05, 0.1) is 6.04 Å². The Morgan fingerprint density at radius 3 is 2.71 bits per heavy atom. The highest BCUT2D eigenvalue weighted by molar-refractivity contribution is 5.82. The quantitative estimate of drug-likeness (QED) is 0.768. The monoisotopic (exact) mass is 239 g/mol. The third kappa shape index (κ3) is 2.99. The zero-order valence-electron chi connectivity index (χ0n) is 10.8. The van der Waals surface area contributed by atoms with Crippen LogP contribution in [-0.2, 0) is 4.79 Å². The lowest BCUT2D eigenvalue weighted by molar-refractivity contribution is -0.126. The van der Waals surface area contributed by atoms with Gasteiger partial charge in [0.15, 0.2) is 0 Å². The minimum absolute atomic E-state index is 0.00745. The van der Waals surface area contributed by atoms with Crippen molar-refractivity contribution in [1.82, 2.24) is 10.2 Å². The van der Waals surface area contributed by atoms with Gasteiger partial charge in [-0.2, -0.15) is 0 Å². The average molecular weight is 239 g/mol. The fraction of sp³-hybridized carbons (Fsp3) is 0.923. The van der Waals surface area contributed by atoms with Crippen LogP contribution in [0.4, 0.5) is 0 Å². The van der Waals surface area contributed by atoms with E-state index in [9.17, 15) is 4.79 Å². The fourth-order valence-electron chi connectivity index (χ4n) is 3.19. The molecule has 0 radical (unpaired) electrons. The van der Waals surface area contributed by atoms with Gasteiger partial charge in [0.25, 0.3) is 0 Å². The highest BCUT2D eigenvalue weighted by Gasteiger charge is 2.34. The minimum atomic E-state index is 0.00745. The van der Waals surface area contributed by atoms with Crippen molar-refractivity contribution >= 4 is 5.91 Å². The summed E-state index contributed by atoms with van der Waals surface area (Å²) < 4.78 is 0. The number of nitrogens with two attached hydrogens (primary N) is 1. The second-order valence-corrected chi connectivity index (χ2v) is 5.47. The number of carbonyl (C=O) groups is 1. The van der Waals surface area contributed by atoms with Crippen molar-refractivity contribution in [3.63, 3.8) is 0 Å². The van der Waals surface area contributed by atoms with Gasteiger partial charge in [-0.3, -0.25) is 9.69 Å². The lowest BCUT2D eigenvalue weighted by atomic mass is 10.1. The van der Waals surface area contributed by atoms with E-state index in [1.807, 2.05) is 0 Å². The second-order valence-electron chi connectivity index (χ2n) is 5.47. The van der Waals surface area contributed by atoms with Crippen LogP contribution in [0.25, 0.3) is 0 Å². The molecule has 2 unspecified atom stereocenters. The molecule has 1 heterocycles. The predicted octanol–water partition coefficient (Wildman–Crippen LogP) is 0.857. The third-order valence-electron chi connectivity index (χ3n) is 4.15. The van der Waals surface area contributed by atoms with Gasteiger partial charge in [0.2, 0.25) is 5.91 Å². The van der Waals surface area contributed by atoms with Crippen LogP contribution in [0.1, 0.15) is 45.4 Å². The van der Waals surface area contributed by atoms with Crippen molar-refractivity contribution in [2.45, 2.75) is 63.6 Å². The summed E-state index contributed by atoms with van der Waals surface area (Å²) in [7, 11) is 0. The molecule has 17 heavy (non-hydrogen) atoms. The molecule has 0 aromatic carbocycles. The summed E-state index contributed by atoms with van der Waals surface area (Å²) in [6.07, 6.45) is 6.98. The second kappa shape index (κ2) is 5.83. The van der Waals surface area contributed by atoms with Crippen LogP contribution in [-0.4, -0.2) is 42.0 Å². The molecule has 98 valence electrons. The van der Waals surface area contributed by atoms with E-state index in [1.165, 1.54) is 25.7 Å². The summed E-state index contributed by atoms with van der Waals surface area (Å²) in [6.45, 7) is 3.72. The molecule has 2 aliphatic rings. The van der Waals surface area contributed by atoms with Gasteiger partial charge < -0.3 is 11.1 Å². The standard InChI is InChI=1S/C13H25N3O/c1-10-7-9-16(11-4-2-3-5-11)12(6-8-14)13(17)15-10/h10-12H,2-9,14H2,1H3,(H,15,17). The molecule has 0 aromatic rings. The van der Waals surface area contributed by atoms with Gasteiger partial charge >= 0.3 is 0 Å². The van der Waals surface area contributed by atoms with Crippen LogP contribution in [0.15, 0.2) is 0 Å². The summed E-state index contributed by atoms with van der Waals surface area (Å²) >= 11 is 0. The van der Waals surface area contributed by atoms with Crippen molar-refractivity contribution < 1.29 is 4.79 Å². The summed E-state index contributed by atoms with van der Waals surface area (Å²) in [5.41, 5.74) is 5.66. The van der Waals surface area contributed by atoms with E-state index >= 15 is 0 Å². The largest absolute Gasteiger partial charge is 0.352 e. The molecule has 2 atom stereocenters. The van der Waals surface area contributed by atoms with E-state index in [0.717, 1.165) is 19.4 Å². The molecule has 1 aliphatic carbocycles. The van der Waals surface area contributed by atoms with Crippen LogP contribution >= 0.6 is 0 Å². The van der Waals surface area contributed by atoms with Gasteiger partial charge in [-0.1, -0.05) is 12.8 Å². The number of nitrogens with zero attached hydrogens (tertiary/aromatic N) is 1. The Hall–Kier alpha value is -0.610. The molecule has 1 saturated carbocycles. The molecular formula is C13H25N3O.